The van der Waals surface area contributed by atoms with Crippen molar-refractivity contribution in [1.29, 1.82) is 0 Å². The van der Waals surface area contributed by atoms with Crippen LogP contribution in [-0.2, 0) is 4.79 Å². The lowest BCUT2D eigenvalue weighted by Gasteiger charge is -2.12. The zero-order chi connectivity index (χ0) is 16.7. The number of methoxy groups -OCH3 is 2. The number of carbonyl (C=O) groups is 1. The van der Waals surface area contributed by atoms with Crippen LogP contribution in [0.25, 0.3) is 6.08 Å². The molecule has 1 aromatic carbocycles. The van der Waals surface area contributed by atoms with Crippen LogP contribution in [0, 0.1) is 0 Å². The molecule has 0 fully saturated rings. The summed E-state index contributed by atoms with van der Waals surface area (Å²) in [5, 5.41) is 2.91. The fourth-order valence-electron chi connectivity index (χ4n) is 2.13. The van der Waals surface area contributed by atoms with Crippen molar-refractivity contribution in [3.63, 3.8) is 0 Å². The Bertz CT molecular complexity index is 684. The lowest BCUT2D eigenvalue weighted by atomic mass is 10.1. The third-order valence-corrected chi connectivity index (χ3v) is 3.40. The van der Waals surface area contributed by atoms with Crippen molar-refractivity contribution < 1.29 is 14.3 Å². The van der Waals surface area contributed by atoms with Crippen LogP contribution < -0.4 is 14.8 Å². The van der Waals surface area contributed by atoms with E-state index < -0.39 is 0 Å². The van der Waals surface area contributed by atoms with Gasteiger partial charge in [-0.1, -0.05) is 6.07 Å². The van der Waals surface area contributed by atoms with Gasteiger partial charge in [0.2, 0.25) is 5.91 Å². The molecule has 0 bridgehead atoms. The predicted molar refractivity (Wildman–Crippen MR) is 89.4 cm³/mol. The van der Waals surface area contributed by atoms with E-state index in [4.69, 9.17) is 9.47 Å². The average Bonchev–Trinajstić information content (AvgIpc) is 2.60. The van der Waals surface area contributed by atoms with Gasteiger partial charge in [-0.25, -0.2) is 0 Å². The molecule has 0 aliphatic heterocycles. The van der Waals surface area contributed by atoms with Gasteiger partial charge in [-0.3, -0.25) is 9.78 Å². The van der Waals surface area contributed by atoms with E-state index in [2.05, 4.69) is 10.3 Å². The first-order valence-electron chi connectivity index (χ1n) is 7.24. The van der Waals surface area contributed by atoms with Gasteiger partial charge in [0.1, 0.15) is 0 Å². The lowest BCUT2D eigenvalue weighted by Crippen LogP contribution is -2.24. The molecular weight excluding hydrogens is 292 g/mol. The Morgan fingerprint density at radius 2 is 1.83 bits per heavy atom. The van der Waals surface area contributed by atoms with Gasteiger partial charge in [0.05, 0.1) is 20.3 Å². The molecule has 1 unspecified atom stereocenters. The normalized spacial score (nSPS) is 12.0. The van der Waals surface area contributed by atoms with E-state index in [1.807, 2.05) is 31.2 Å². The maximum absolute atomic E-state index is 12.0. The van der Waals surface area contributed by atoms with Gasteiger partial charge in [-0.05, 0) is 48.4 Å². The van der Waals surface area contributed by atoms with Crippen molar-refractivity contribution in [2.75, 3.05) is 14.2 Å². The molecule has 0 spiro atoms. The van der Waals surface area contributed by atoms with Gasteiger partial charge >= 0.3 is 0 Å². The van der Waals surface area contributed by atoms with Crippen LogP contribution in [-0.4, -0.2) is 25.1 Å². The van der Waals surface area contributed by atoms with E-state index in [9.17, 15) is 4.79 Å². The van der Waals surface area contributed by atoms with Gasteiger partial charge in [-0.2, -0.15) is 0 Å². The average molecular weight is 312 g/mol. The molecule has 0 aliphatic rings. The number of nitrogens with one attached hydrogen (secondary N) is 1. The molecule has 5 nitrogen and oxygen atoms in total. The third-order valence-electron chi connectivity index (χ3n) is 3.40. The van der Waals surface area contributed by atoms with Crippen molar-refractivity contribution in [2.45, 2.75) is 13.0 Å². The topological polar surface area (TPSA) is 60.5 Å². The van der Waals surface area contributed by atoms with Gasteiger partial charge in [0.25, 0.3) is 0 Å². The summed E-state index contributed by atoms with van der Waals surface area (Å²) < 4.78 is 10.4. The number of pyridine rings is 1. The van der Waals surface area contributed by atoms with Crippen molar-refractivity contribution >= 4 is 12.0 Å². The van der Waals surface area contributed by atoms with Gasteiger partial charge in [0, 0.05) is 18.5 Å². The highest BCUT2D eigenvalue weighted by molar-refractivity contribution is 5.92. The minimum atomic E-state index is -0.163. The second-order valence-corrected chi connectivity index (χ2v) is 4.96. The summed E-state index contributed by atoms with van der Waals surface area (Å²) in [5.41, 5.74) is 1.86. The first-order chi connectivity index (χ1) is 11.1. The highest BCUT2D eigenvalue weighted by Crippen LogP contribution is 2.27. The fourth-order valence-corrected chi connectivity index (χ4v) is 2.13. The molecule has 0 saturated carbocycles. The number of ether oxygens (including phenoxy) is 2. The van der Waals surface area contributed by atoms with Crippen LogP contribution in [0.15, 0.2) is 48.8 Å². The van der Waals surface area contributed by atoms with E-state index in [-0.39, 0.29) is 11.9 Å². The van der Waals surface area contributed by atoms with E-state index in [0.717, 1.165) is 11.1 Å². The maximum Gasteiger partial charge on any atom is 0.244 e. The smallest absolute Gasteiger partial charge is 0.244 e. The molecule has 1 aromatic heterocycles. The van der Waals surface area contributed by atoms with Crippen LogP contribution >= 0.6 is 0 Å². The molecule has 2 aromatic rings. The molecular formula is C18H20N2O3. The number of nitrogens with zero attached hydrogens (tertiary/aromatic N) is 1. The van der Waals surface area contributed by atoms with Crippen LogP contribution in [0.5, 0.6) is 11.5 Å². The first-order valence-corrected chi connectivity index (χ1v) is 7.24. The molecule has 1 N–H and O–H groups in total. The molecule has 2 rings (SSSR count). The number of benzene rings is 1. The third kappa shape index (κ3) is 4.57. The molecule has 0 saturated heterocycles. The Morgan fingerprint density at radius 1 is 1.13 bits per heavy atom. The van der Waals surface area contributed by atoms with Crippen LogP contribution in [0.1, 0.15) is 24.1 Å². The van der Waals surface area contributed by atoms with Crippen LogP contribution in [0.3, 0.4) is 0 Å². The Hall–Kier alpha value is -2.82. The Balaban J connectivity index is 2.01. The van der Waals surface area contributed by atoms with Crippen molar-refractivity contribution in [3.05, 3.63) is 59.9 Å². The zero-order valence-corrected chi connectivity index (χ0v) is 13.4. The molecule has 120 valence electrons. The summed E-state index contributed by atoms with van der Waals surface area (Å²) in [6, 6.07) is 9.15. The van der Waals surface area contributed by atoms with Crippen molar-refractivity contribution in [2.24, 2.45) is 0 Å². The Kier molecular flexibility index (Phi) is 5.74. The molecule has 1 atom stereocenters. The minimum absolute atomic E-state index is 0.0828. The van der Waals surface area contributed by atoms with Gasteiger partial charge < -0.3 is 14.8 Å². The largest absolute Gasteiger partial charge is 0.493 e. The number of rotatable bonds is 6. The lowest BCUT2D eigenvalue weighted by molar-refractivity contribution is -0.117. The van der Waals surface area contributed by atoms with Crippen LogP contribution in [0.4, 0.5) is 0 Å². The van der Waals surface area contributed by atoms with Crippen molar-refractivity contribution in [1.82, 2.24) is 10.3 Å². The standard InChI is InChI=1S/C18H20N2O3/c1-13(15-8-10-19-11-9-15)20-18(21)7-5-14-4-6-16(22-2)17(12-14)23-3/h4-13H,1-3H3,(H,20,21)/b7-5+. The summed E-state index contributed by atoms with van der Waals surface area (Å²) in [7, 11) is 3.16. The Morgan fingerprint density at radius 3 is 2.48 bits per heavy atom. The second kappa shape index (κ2) is 7.98. The highest BCUT2D eigenvalue weighted by Gasteiger charge is 2.07. The molecule has 1 amide bonds. The predicted octanol–water partition coefficient (Wildman–Crippen LogP) is 2.99. The summed E-state index contributed by atoms with van der Waals surface area (Å²) in [5.74, 6) is 1.12. The molecule has 5 heteroatoms. The number of amides is 1. The number of carbonyl (C=O) groups excluding carboxylic acids is 1. The second-order valence-electron chi connectivity index (χ2n) is 4.96. The zero-order valence-electron chi connectivity index (χ0n) is 13.4. The molecule has 23 heavy (non-hydrogen) atoms. The monoisotopic (exact) mass is 312 g/mol. The van der Waals surface area contributed by atoms with E-state index in [1.165, 1.54) is 6.08 Å². The molecule has 0 radical (unpaired) electrons. The molecule has 0 aliphatic carbocycles. The number of aromatic nitrogens is 1. The fraction of sp³-hybridized carbons (Fsp3) is 0.222. The highest BCUT2D eigenvalue weighted by atomic mass is 16.5. The summed E-state index contributed by atoms with van der Waals surface area (Å²) >= 11 is 0. The van der Waals surface area contributed by atoms with Gasteiger partial charge in [0.15, 0.2) is 11.5 Å². The molecule has 1 heterocycles. The number of hydrogen-bond acceptors (Lipinski definition) is 4. The number of hydrogen-bond donors (Lipinski definition) is 1. The first kappa shape index (κ1) is 16.5. The van der Waals surface area contributed by atoms with E-state index in [1.54, 1.807) is 38.8 Å². The van der Waals surface area contributed by atoms with E-state index in [0.29, 0.717) is 11.5 Å². The SMILES string of the molecule is COc1ccc(/C=C/C(=O)NC(C)c2ccncc2)cc1OC. The summed E-state index contributed by atoms with van der Waals surface area (Å²) in [6.45, 7) is 1.93. The van der Waals surface area contributed by atoms with Crippen LogP contribution in [0.2, 0.25) is 0 Å². The maximum atomic E-state index is 12.0. The summed E-state index contributed by atoms with van der Waals surface area (Å²) in [6.07, 6.45) is 6.64. The van der Waals surface area contributed by atoms with Crippen molar-refractivity contribution in [3.8, 4) is 11.5 Å². The summed E-state index contributed by atoms with van der Waals surface area (Å²) in [4.78, 5) is 16.0. The quantitative estimate of drug-likeness (QED) is 0.833. The van der Waals surface area contributed by atoms with E-state index >= 15 is 0 Å². The van der Waals surface area contributed by atoms with Gasteiger partial charge in [-0.15, -0.1) is 0 Å². The Labute approximate surface area is 136 Å². The minimum Gasteiger partial charge on any atom is -0.493 e.